The molecule has 0 saturated carbocycles. The molecular weight excluding hydrogens is 303 g/mol. The lowest BCUT2D eigenvalue weighted by molar-refractivity contribution is 0.171. The van der Waals surface area contributed by atoms with Crippen LogP contribution in [0.25, 0.3) is 0 Å². The Kier molecular flexibility index (Phi) is 4.39. The Morgan fingerprint density at radius 1 is 1.05 bits per heavy atom. The summed E-state index contributed by atoms with van der Waals surface area (Å²) < 4.78 is 23.8. The van der Waals surface area contributed by atoms with Crippen LogP contribution >= 0.6 is 12.2 Å². The molecule has 4 nitrogen and oxygen atoms in total. The van der Waals surface area contributed by atoms with Crippen molar-refractivity contribution in [1.82, 2.24) is 5.32 Å². The third kappa shape index (κ3) is 3.65. The second kappa shape index (κ2) is 6.62. The minimum absolute atomic E-state index is 0.249. The molecule has 6 heteroatoms. The van der Waals surface area contributed by atoms with E-state index in [4.69, 9.17) is 21.7 Å². The van der Waals surface area contributed by atoms with E-state index in [1.165, 1.54) is 12.1 Å². The Hall–Kier alpha value is -2.34. The van der Waals surface area contributed by atoms with Gasteiger partial charge in [0.1, 0.15) is 19.0 Å². The highest BCUT2D eigenvalue weighted by Crippen LogP contribution is 2.32. The van der Waals surface area contributed by atoms with Crippen molar-refractivity contribution in [3.8, 4) is 11.5 Å². The second-order valence-corrected chi connectivity index (χ2v) is 5.20. The van der Waals surface area contributed by atoms with Gasteiger partial charge in [0.2, 0.25) is 0 Å². The van der Waals surface area contributed by atoms with Gasteiger partial charge in [-0.15, -0.1) is 0 Å². The fourth-order valence-electron chi connectivity index (χ4n) is 2.08. The van der Waals surface area contributed by atoms with E-state index in [0.717, 1.165) is 17.0 Å². The standard InChI is InChI=1S/C16H15FN2O2S/c17-12-3-1-11(2-4-12)10-18-16(22)19-13-5-6-14-15(9-13)21-8-7-20-14/h1-6,9H,7-8,10H2,(H2,18,19,22). The van der Waals surface area contributed by atoms with Crippen molar-refractivity contribution in [2.75, 3.05) is 18.5 Å². The molecule has 0 spiro atoms. The number of hydrogen-bond acceptors (Lipinski definition) is 3. The van der Waals surface area contributed by atoms with Crippen molar-refractivity contribution in [3.05, 3.63) is 53.8 Å². The summed E-state index contributed by atoms with van der Waals surface area (Å²) in [4.78, 5) is 0. The Bertz CT molecular complexity index is 676. The number of nitrogens with one attached hydrogen (secondary N) is 2. The number of halogens is 1. The Balaban J connectivity index is 1.56. The zero-order valence-corrected chi connectivity index (χ0v) is 12.6. The van der Waals surface area contributed by atoms with Gasteiger partial charge in [0, 0.05) is 18.3 Å². The lowest BCUT2D eigenvalue weighted by atomic mass is 10.2. The molecule has 1 heterocycles. The van der Waals surface area contributed by atoms with Gasteiger partial charge in [-0.05, 0) is 42.0 Å². The van der Waals surface area contributed by atoms with E-state index < -0.39 is 0 Å². The van der Waals surface area contributed by atoms with Gasteiger partial charge < -0.3 is 20.1 Å². The predicted molar refractivity (Wildman–Crippen MR) is 86.9 cm³/mol. The van der Waals surface area contributed by atoms with E-state index in [1.54, 1.807) is 12.1 Å². The molecule has 2 N–H and O–H groups in total. The summed E-state index contributed by atoms with van der Waals surface area (Å²) in [7, 11) is 0. The zero-order valence-electron chi connectivity index (χ0n) is 11.8. The fraction of sp³-hybridized carbons (Fsp3) is 0.188. The van der Waals surface area contributed by atoms with Gasteiger partial charge in [-0.3, -0.25) is 0 Å². The van der Waals surface area contributed by atoms with Crippen LogP contribution in [0.15, 0.2) is 42.5 Å². The first kappa shape index (κ1) is 14.6. The van der Waals surface area contributed by atoms with Crippen LogP contribution < -0.4 is 20.1 Å². The second-order valence-electron chi connectivity index (χ2n) is 4.79. The summed E-state index contributed by atoms with van der Waals surface area (Å²) in [6, 6.07) is 11.9. The van der Waals surface area contributed by atoms with Crippen LogP contribution in [0.3, 0.4) is 0 Å². The van der Waals surface area contributed by atoms with Crippen LogP contribution in [-0.2, 0) is 6.54 Å². The first-order valence-electron chi connectivity index (χ1n) is 6.90. The fourth-order valence-corrected chi connectivity index (χ4v) is 2.27. The summed E-state index contributed by atoms with van der Waals surface area (Å²) in [5, 5.41) is 6.64. The zero-order chi connectivity index (χ0) is 15.4. The van der Waals surface area contributed by atoms with Crippen LogP contribution in [0.5, 0.6) is 11.5 Å². The highest BCUT2D eigenvalue weighted by atomic mass is 32.1. The molecule has 0 atom stereocenters. The van der Waals surface area contributed by atoms with E-state index in [1.807, 2.05) is 18.2 Å². The monoisotopic (exact) mass is 318 g/mol. The molecule has 0 radical (unpaired) electrons. The maximum absolute atomic E-state index is 12.8. The topological polar surface area (TPSA) is 42.5 Å². The number of rotatable bonds is 3. The Morgan fingerprint density at radius 3 is 2.55 bits per heavy atom. The molecule has 1 aliphatic rings. The third-order valence-corrected chi connectivity index (χ3v) is 3.41. The molecule has 0 bridgehead atoms. The molecular formula is C16H15FN2O2S. The van der Waals surface area contributed by atoms with Crippen LogP contribution in [0.4, 0.5) is 10.1 Å². The number of thiocarbonyl (C=S) groups is 1. The predicted octanol–water partition coefficient (Wildman–Crippen LogP) is 3.08. The number of hydrogen-bond donors (Lipinski definition) is 2. The molecule has 0 aromatic heterocycles. The molecule has 0 unspecified atom stereocenters. The number of fused-ring (bicyclic) bond motifs is 1. The lowest BCUT2D eigenvalue weighted by Crippen LogP contribution is -2.28. The molecule has 3 rings (SSSR count). The quantitative estimate of drug-likeness (QED) is 0.851. The normalized spacial score (nSPS) is 12.6. The number of ether oxygens (including phenoxy) is 2. The van der Waals surface area contributed by atoms with Gasteiger partial charge in [-0.25, -0.2) is 4.39 Å². The smallest absolute Gasteiger partial charge is 0.171 e. The summed E-state index contributed by atoms with van der Waals surface area (Å²) >= 11 is 5.25. The Morgan fingerprint density at radius 2 is 1.77 bits per heavy atom. The van der Waals surface area contributed by atoms with Gasteiger partial charge in [0.05, 0.1) is 0 Å². The van der Waals surface area contributed by atoms with Crippen molar-refractivity contribution >= 4 is 23.0 Å². The summed E-state index contributed by atoms with van der Waals surface area (Å²) in [6.07, 6.45) is 0. The van der Waals surface area contributed by atoms with Crippen molar-refractivity contribution in [1.29, 1.82) is 0 Å². The van der Waals surface area contributed by atoms with E-state index in [9.17, 15) is 4.39 Å². The lowest BCUT2D eigenvalue weighted by Gasteiger charge is -2.19. The molecule has 0 saturated heterocycles. The SMILES string of the molecule is Fc1ccc(CNC(=S)Nc2ccc3c(c2)OCCO3)cc1. The van der Waals surface area contributed by atoms with Crippen LogP contribution in [0.1, 0.15) is 5.56 Å². The average Bonchev–Trinajstić information content (AvgIpc) is 2.54. The van der Waals surface area contributed by atoms with Gasteiger partial charge in [0.25, 0.3) is 0 Å². The minimum atomic E-state index is -0.249. The van der Waals surface area contributed by atoms with E-state index >= 15 is 0 Å². The molecule has 0 fully saturated rings. The first-order valence-corrected chi connectivity index (χ1v) is 7.30. The number of benzene rings is 2. The molecule has 22 heavy (non-hydrogen) atoms. The molecule has 0 aliphatic carbocycles. The first-order chi connectivity index (χ1) is 10.7. The highest BCUT2D eigenvalue weighted by Gasteiger charge is 2.11. The maximum Gasteiger partial charge on any atom is 0.171 e. The van der Waals surface area contributed by atoms with Crippen LogP contribution in [-0.4, -0.2) is 18.3 Å². The van der Waals surface area contributed by atoms with E-state index in [2.05, 4.69) is 10.6 Å². The van der Waals surface area contributed by atoms with Gasteiger partial charge in [0.15, 0.2) is 16.6 Å². The highest BCUT2D eigenvalue weighted by molar-refractivity contribution is 7.80. The largest absolute Gasteiger partial charge is 0.486 e. The Labute approximate surface area is 133 Å². The summed E-state index contributed by atoms with van der Waals surface area (Å²) in [5.74, 6) is 1.19. The minimum Gasteiger partial charge on any atom is -0.486 e. The van der Waals surface area contributed by atoms with Gasteiger partial charge >= 0.3 is 0 Å². The van der Waals surface area contributed by atoms with Crippen molar-refractivity contribution in [2.45, 2.75) is 6.54 Å². The molecule has 2 aromatic rings. The van der Waals surface area contributed by atoms with Gasteiger partial charge in [-0.1, -0.05) is 12.1 Å². The van der Waals surface area contributed by atoms with Crippen LogP contribution in [0.2, 0.25) is 0 Å². The van der Waals surface area contributed by atoms with Gasteiger partial charge in [-0.2, -0.15) is 0 Å². The van der Waals surface area contributed by atoms with Crippen molar-refractivity contribution < 1.29 is 13.9 Å². The third-order valence-electron chi connectivity index (χ3n) is 3.17. The number of anilines is 1. The van der Waals surface area contributed by atoms with E-state index in [0.29, 0.717) is 30.6 Å². The molecule has 2 aromatic carbocycles. The summed E-state index contributed by atoms with van der Waals surface area (Å²) in [6.45, 7) is 1.64. The molecule has 0 amide bonds. The molecule has 114 valence electrons. The van der Waals surface area contributed by atoms with Crippen molar-refractivity contribution in [2.24, 2.45) is 0 Å². The maximum atomic E-state index is 12.8. The van der Waals surface area contributed by atoms with Crippen molar-refractivity contribution in [3.63, 3.8) is 0 Å². The molecule has 1 aliphatic heterocycles. The van der Waals surface area contributed by atoms with E-state index in [-0.39, 0.29) is 5.82 Å². The summed E-state index contributed by atoms with van der Waals surface area (Å²) in [5.41, 5.74) is 1.77. The van der Waals surface area contributed by atoms with Crippen LogP contribution in [0, 0.1) is 5.82 Å². The average molecular weight is 318 g/mol.